The Morgan fingerprint density at radius 3 is 2.44 bits per heavy atom. The molecule has 0 aliphatic heterocycles. The van der Waals surface area contributed by atoms with E-state index in [-0.39, 0.29) is 10.7 Å². The van der Waals surface area contributed by atoms with Gasteiger partial charge in [0.05, 0.1) is 0 Å². The molecule has 0 radical (unpaired) electrons. The van der Waals surface area contributed by atoms with Gasteiger partial charge in [0.25, 0.3) is 0 Å². The molecule has 0 aromatic heterocycles. The van der Waals surface area contributed by atoms with E-state index < -0.39 is 6.04 Å². The van der Waals surface area contributed by atoms with E-state index >= 15 is 0 Å². The number of carbonyl (C=O) groups is 1. The first-order chi connectivity index (χ1) is 8.35. The number of benzene rings is 1. The van der Waals surface area contributed by atoms with Crippen molar-refractivity contribution in [1.82, 2.24) is 5.32 Å². The molecule has 0 fully saturated rings. The lowest BCUT2D eigenvalue weighted by Gasteiger charge is -2.23. The number of nitrogens with two attached hydrogens (primary N) is 1. The summed E-state index contributed by atoms with van der Waals surface area (Å²) < 4.78 is 0.0304. The third-order valence-electron chi connectivity index (χ3n) is 2.96. The maximum absolute atomic E-state index is 11.9. The summed E-state index contributed by atoms with van der Waals surface area (Å²) in [4.78, 5) is 11.9. The van der Waals surface area contributed by atoms with E-state index in [4.69, 9.17) is 5.73 Å². The molecule has 1 atom stereocenters. The zero-order valence-electron chi connectivity index (χ0n) is 11.5. The van der Waals surface area contributed by atoms with Crippen LogP contribution in [-0.4, -0.2) is 23.5 Å². The molecule has 0 heterocycles. The predicted molar refractivity (Wildman–Crippen MR) is 78.7 cm³/mol. The van der Waals surface area contributed by atoms with Gasteiger partial charge in [-0.25, -0.2) is 0 Å². The van der Waals surface area contributed by atoms with Crippen molar-refractivity contribution in [1.29, 1.82) is 0 Å². The summed E-state index contributed by atoms with van der Waals surface area (Å²) in [5.74, 6) is -0.124. The van der Waals surface area contributed by atoms with Gasteiger partial charge in [-0.1, -0.05) is 29.8 Å². The minimum atomic E-state index is -0.594. The molecular formula is C14H22N2OS. The quantitative estimate of drug-likeness (QED) is 0.859. The average Bonchev–Trinajstić information content (AvgIpc) is 2.36. The van der Waals surface area contributed by atoms with E-state index in [1.54, 1.807) is 11.8 Å². The van der Waals surface area contributed by atoms with Crippen molar-refractivity contribution in [2.24, 2.45) is 5.73 Å². The lowest BCUT2D eigenvalue weighted by molar-refractivity contribution is -0.122. The topological polar surface area (TPSA) is 55.1 Å². The van der Waals surface area contributed by atoms with Crippen LogP contribution in [0.1, 0.15) is 31.0 Å². The van der Waals surface area contributed by atoms with Crippen LogP contribution >= 0.6 is 11.8 Å². The van der Waals surface area contributed by atoms with Crippen LogP contribution in [0.4, 0.5) is 0 Å². The van der Waals surface area contributed by atoms with Crippen molar-refractivity contribution in [3.05, 3.63) is 35.4 Å². The molecule has 0 saturated carbocycles. The van der Waals surface area contributed by atoms with Gasteiger partial charge in [-0.3, -0.25) is 4.79 Å². The van der Waals surface area contributed by atoms with Crippen molar-refractivity contribution in [2.75, 3.05) is 12.8 Å². The first-order valence-corrected chi connectivity index (χ1v) is 7.23. The lowest BCUT2D eigenvalue weighted by atomic mass is 10.1. The second-order valence-corrected chi connectivity index (χ2v) is 6.58. The maximum atomic E-state index is 11.9. The Bertz CT molecular complexity index is 401. The van der Waals surface area contributed by atoms with Gasteiger partial charge in [0.1, 0.15) is 6.04 Å². The summed E-state index contributed by atoms with van der Waals surface area (Å²) in [6, 6.07) is 7.14. The average molecular weight is 266 g/mol. The highest BCUT2D eigenvalue weighted by atomic mass is 32.2. The molecule has 1 unspecified atom stereocenters. The van der Waals surface area contributed by atoms with Gasteiger partial charge in [-0.05, 0) is 32.6 Å². The predicted octanol–water partition coefficient (Wildman–Crippen LogP) is 2.25. The molecule has 1 aromatic carbocycles. The lowest BCUT2D eigenvalue weighted by Crippen LogP contribution is -2.40. The van der Waals surface area contributed by atoms with E-state index in [0.717, 1.165) is 11.1 Å². The minimum Gasteiger partial charge on any atom is -0.353 e. The van der Waals surface area contributed by atoms with Crippen LogP contribution in [0, 0.1) is 6.92 Å². The molecule has 4 heteroatoms. The Labute approximate surface area is 114 Å². The molecule has 3 nitrogen and oxygen atoms in total. The first kappa shape index (κ1) is 15.1. The number of hydrogen-bond acceptors (Lipinski definition) is 3. The number of nitrogens with one attached hydrogen (secondary N) is 1. The van der Waals surface area contributed by atoms with Crippen molar-refractivity contribution >= 4 is 17.7 Å². The Morgan fingerprint density at radius 2 is 1.94 bits per heavy atom. The van der Waals surface area contributed by atoms with Gasteiger partial charge >= 0.3 is 0 Å². The van der Waals surface area contributed by atoms with Crippen LogP contribution in [0.3, 0.4) is 0 Å². The van der Waals surface area contributed by atoms with E-state index in [1.165, 1.54) is 0 Å². The number of amides is 1. The van der Waals surface area contributed by atoms with Crippen LogP contribution in [0.25, 0.3) is 0 Å². The van der Waals surface area contributed by atoms with Crippen LogP contribution in [0.2, 0.25) is 0 Å². The number of thioether (sulfide) groups is 1. The van der Waals surface area contributed by atoms with Crippen molar-refractivity contribution in [2.45, 2.75) is 31.6 Å². The van der Waals surface area contributed by atoms with E-state index in [2.05, 4.69) is 19.2 Å². The molecule has 1 aromatic rings. The Balaban J connectivity index is 2.59. The van der Waals surface area contributed by atoms with Crippen molar-refractivity contribution in [3.8, 4) is 0 Å². The fraction of sp³-hybridized carbons (Fsp3) is 0.500. The van der Waals surface area contributed by atoms with E-state index in [0.29, 0.717) is 6.54 Å². The van der Waals surface area contributed by atoms with E-state index in [9.17, 15) is 4.79 Å². The molecule has 0 aliphatic carbocycles. The Hall–Kier alpha value is -1.00. The molecule has 1 amide bonds. The van der Waals surface area contributed by atoms with Gasteiger partial charge in [-0.15, -0.1) is 0 Å². The van der Waals surface area contributed by atoms with Crippen LogP contribution < -0.4 is 11.1 Å². The highest BCUT2D eigenvalue weighted by Crippen LogP contribution is 2.20. The molecule has 0 bridgehead atoms. The fourth-order valence-electron chi connectivity index (χ4n) is 1.41. The van der Waals surface area contributed by atoms with Gasteiger partial charge in [-0.2, -0.15) is 11.8 Å². The van der Waals surface area contributed by atoms with Gasteiger partial charge < -0.3 is 11.1 Å². The summed E-state index contributed by atoms with van der Waals surface area (Å²) in [7, 11) is 0. The standard InChI is InChI=1S/C14H22N2OS/c1-10-5-7-11(8-6-10)12(15)13(17)16-9-14(2,3)18-4/h5-8,12H,9,15H2,1-4H3,(H,16,17). The number of hydrogen-bond donors (Lipinski definition) is 2. The number of aryl methyl sites for hydroxylation is 1. The molecule has 0 spiro atoms. The maximum Gasteiger partial charge on any atom is 0.241 e. The highest BCUT2D eigenvalue weighted by Gasteiger charge is 2.20. The van der Waals surface area contributed by atoms with Gasteiger partial charge in [0.15, 0.2) is 0 Å². The summed E-state index contributed by atoms with van der Waals surface area (Å²) >= 11 is 1.72. The minimum absolute atomic E-state index is 0.0304. The summed E-state index contributed by atoms with van der Waals surface area (Å²) in [6.45, 7) is 6.81. The largest absolute Gasteiger partial charge is 0.353 e. The normalized spacial score (nSPS) is 13.2. The molecule has 1 rings (SSSR count). The van der Waals surface area contributed by atoms with Crippen LogP contribution in [-0.2, 0) is 4.79 Å². The molecule has 100 valence electrons. The second-order valence-electron chi connectivity index (χ2n) is 5.07. The SMILES string of the molecule is CSC(C)(C)CNC(=O)C(N)c1ccc(C)cc1. The molecule has 0 aliphatic rings. The zero-order chi connectivity index (χ0) is 13.8. The number of rotatable bonds is 5. The Kier molecular flexibility index (Phi) is 5.23. The van der Waals surface area contributed by atoms with Crippen molar-refractivity contribution < 1.29 is 4.79 Å². The smallest absolute Gasteiger partial charge is 0.241 e. The van der Waals surface area contributed by atoms with Gasteiger partial charge in [0.2, 0.25) is 5.91 Å². The molecular weight excluding hydrogens is 244 g/mol. The van der Waals surface area contributed by atoms with Gasteiger partial charge in [0, 0.05) is 11.3 Å². The highest BCUT2D eigenvalue weighted by molar-refractivity contribution is 7.99. The zero-order valence-corrected chi connectivity index (χ0v) is 12.3. The molecule has 0 saturated heterocycles. The number of carbonyl (C=O) groups excluding carboxylic acids is 1. The molecule has 3 N–H and O–H groups in total. The third-order valence-corrected chi connectivity index (χ3v) is 4.21. The van der Waals surface area contributed by atoms with E-state index in [1.807, 2.05) is 37.4 Å². The van der Waals surface area contributed by atoms with Crippen LogP contribution in [0.5, 0.6) is 0 Å². The first-order valence-electron chi connectivity index (χ1n) is 6.01. The second kappa shape index (κ2) is 6.25. The summed E-state index contributed by atoms with van der Waals surface area (Å²) in [5, 5.41) is 2.90. The van der Waals surface area contributed by atoms with Crippen LogP contribution in [0.15, 0.2) is 24.3 Å². The Morgan fingerprint density at radius 1 is 1.39 bits per heavy atom. The summed E-state index contributed by atoms with van der Waals surface area (Å²) in [5.41, 5.74) is 7.95. The fourth-order valence-corrected chi connectivity index (χ4v) is 1.62. The third kappa shape index (κ3) is 4.35. The monoisotopic (exact) mass is 266 g/mol. The molecule has 18 heavy (non-hydrogen) atoms. The summed E-state index contributed by atoms with van der Waals surface area (Å²) in [6.07, 6.45) is 2.03. The van der Waals surface area contributed by atoms with Crippen molar-refractivity contribution in [3.63, 3.8) is 0 Å².